The zero-order valence-corrected chi connectivity index (χ0v) is 26.7. The number of amides is 3. The van der Waals surface area contributed by atoms with Gasteiger partial charge in [-0.05, 0) is 67.6 Å². The molecule has 0 saturated heterocycles. The second-order valence-electron chi connectivity index (χ2n) is 11.5. The summed E-state index contributed by atoms with van der Waals surface area (Å²) in [5.74, 6) is -1.71. The molecular formula is C34H45ClN4O5. The van der Waals surface area contributed by atoms with Crippen molar-refractivity contribution in [3.05, 3.63) is 78.4 Å². The van der Waals surface area contributed by atoms with E-state index in [0.29, 0.717) is 43.5 Å². The van der Waals surface area contributed by atoms with Crippen LogP contribution in [0.5, 0.6) is 5.75 Å². The van der Waals surface area contributed by atoms with Gasteiger partial charge in [-0.1, -0.05) is 82.3 Å². The number of unbranched alkanes of at least 4 members (excludes halogenated alkanes) is 1. The van der Waals surface area contributed by atoms with Crippen LogP contribution >= 0.6 is 12.4 Å². The molecule has 9 nitrogen and oxygen atoms in total. The van der Waals surface area contributed by atoms with E-state index in [1.807, 2.05) is 64.1 Å². The van der Waals surface area contributed by atoms with E-state index in [1.165, 1.54) is 0 Å². The minimum atomic E-state index is -0.941. The second-order valence-corrected chi connectivity index (χ2v) is 11.5. The fraction of sp³-hybridized carbons (Fsp3) is 0.412. The van der Waals surface area contributed by atoms with Crippen molar-refractivity contribution < 1.29 is 23.9 Å². The van der Waals surface area contributed by atoms with Crippen LogP contribution < -0.4 is 26.4 Å². The lowest BCUT2D eigenvalue weighted by Gasteiger charge is -2.27. The second kappa shape index (κ2) is 18.0. The number of hydrogen-bond donors (Lipinski definition) is 4. The summed E-state index contributed by atoms with van der Waals surface area (Å²) >= 11 is 0. The highest BCUT2D eigenvalue weighted by Crippen LogP contribution is 2.26. The van der Waals surface area contributed by atoms with Gasteiger partial charge in [0.05, 0.1) is 0 Å². The van der Waals surface area contributed by atoms with Crippen molar-refractivity contribution in [2.75, 3.05) is 6.54 Å². The molecule has 3 rings (SSSR count). The average molecular weight is 625 g/mol. The van der Waals surface area contributed by atoms with Crippen LogP contribution in [0, 0.1) is 11.8 Å². The molecule has 44 heavy (non-hydrogen) atoms. The molecule has 0 heterocycles. The molecule has 3 amide bonds. The summed E-state index contributed by atoms with van der Waals surface area (Å²) in [6.07, 6.45) is 1.95. The van der Waals surface area contributed by atoms with Crippen LogP contribution in [-0.2, 0) is 14.4 Å². The van der Waals surface area contributed by atoms with Gasteiger partial charge >= 0.3 is 5.97 Å². The van der Waals surface area contributed by atoms with Crippen LogP contribution in [0.1, 0.15) is 63.7 Å². The quantitative estimate of drug-likeness (QED) is 0.109. The molecule has 0 aliphatic rings. The van der Waals surface area contributed by atoms with Crippen molar-refractivity contribution in [2.24, 2.45) is 17.6 Å². The normalized spacial score (nSPS) is 13.0. The van der Waals surface area contributed by atoms with E-state index in [-0.39, 0.29) is 30.2 Å². The highest BCUT2D eigenvalue weighted by Gasteiger charge is 2.32. The maximum absolute atomic E-state index is 13.6. The molecule has 10 heteroatoms. The van der Waals surface area contributed by atoms with Crippen LogP contribution in [0.25, 0.3) is 10.8 Å². The first-order valence-electron chi connectivity index (χ1n) is 15.0. The number of rotatable bonds is 15. The standard InChI is InChI=1S/C34H44N4O5.ClH/c1-22(2)21-28(37-33(41)30(23(3)4)38-31(39)25-14-6-5-7-15-25)32(40)36-27(18-10-11-20-35)34(42)43-29-19-12-16-24-13-8-9-17-26(24)29;/h5-9,12-17,19,22-23,27-28,30H,10-11,18,20-21,35H2,1-4H3,(H,36,40)(H,37,41)(H,38,39);1H/t27-,28-,30-;/m0./s1. The molecule has 5 N–H and O–H groups in total. The van der Waals surface area contributed by atoms with E-state index < -0.39 is 35.9 Å². The predicted octanol–water partition coefficient (Wildman–Crippen LogP) is 4.77. The smallest absolute Gasteiger partial charge is 0.334 e. The Hall–Kier alpha value is -3.95. The number of carbonyl (C=O) groups excluding carboxylic acids is 4. The van der Waals surface area contributed by atoms with E-state index in [2.05, 4.69) is 16.0 Å². The Morgan fingerprint density at radius 1 is 0.750 bits per heavy atom. The van der Waals surface area contributed by atoms with Gasteiger partial charge in [-0.15, -0.1) is 12.4 Å². The zero-order valence-electron chi connectivity index (χ0n) is 25.9. The Morgan fingerprint density at radius 2 is 1.39 bits per heavy atom. The molecule has 0 unspecified atom stereocenters. The van der Waals surface area contributed by atoms with E-state index in [4.69, 9.17) is 10.5 Å². The van der Waals surface area contributed by atoms with Crippen molar-refractivity contribution in [3.8, 4) is 5.75 Å². The third-order valence-electron chi connectivity index (χ3n) is 7.12. The first-order valence-corrected chi connectivity index (χ1v) is 15.0. The fourth-order valence-corrected chi connectivity index (χ4v) is 4.79. The average Bonchev–Trinajstić information content (AvgIpc) is 2.99. The summed E-state index contributed by atoms with van der Waals surface area (Å²) in [6, 6.07) is 18.9. The number of fused-ring (bicyclic) bond motifs is 1. The topological polar surface area (TPSA) is 140 Å². The monoisotopic (exact) mass is 624 g/mol. The van der Waals surface area contributed by atoms with Gasteiger partial charge in [0.15, 0.2) is 0 Å². The van der Waals surface area contributed by atoms with Gasteiger partial charge in [0.2, 0.25) is 11.8 Å². The highest BCUT2D eigenvalue weighted by atomic mass is 35.5. The van der Waals surface area contributed by atoms with Gasteiger partial charge in [0.1, 0.15) is 23.9 Å². The molecule has 3 atom stereocenters. The first kappa shape index (κ1) is 36.2. The van der Waals surface area contributed by atoms with E-state index >= 15 is 0 Å². The number of esters is 1. The highest BCUT2D eigenvalue weighted by molar-refractivity contribution is 5.99. The zero-order chi connectivity index (χ0) is 31.4. The Bertz CT molecular complexity index is 1380. The minimum absolute atomic E-state index is 0. The summed E-state index contributed by atoms with van der Waals surface area (Å²) in [5, 5.41) is 10.2. The summed E-state index contributed by atoms with van der Waals surface area (Å²) in [7, 11) is 0. The van der Waals surface area contributed by atoms with Crippen LogP contribution in [0.3, 0.4) is 0 Å². The first-order chi connectivity index (χ1) is 20.6. The molecule has 0 bridgehead atoms. The maximum atomic E-state index is 13.6. The Kier molecular flexibility index (Phi) is 14.8. The molecule has 0 spiro atoms. The lowest BCUT2D eigenvalue weighted by molar-refractivity contribution is -0.140. The molecule has 0 radical (unpaired) electrons. The summed E-state index contributed by atoms with van der Waals surface area (Å²) in [6.45, 7) is 7.98. The van der Waals surface area contributed by atoms with Crippen molar-refractivity contribution in [1.29, 1.82) is 0 Å². The summed E-state index contributed by atoms with van der Waals surface area (Å²) in [5.41, 5.74) is 6.11. The number of halogens is 1. The molecule has 3 aromatic rings. The largest absolute Gasteiger partial charge is 0.424 e. The lowest BCUT2D eigenvalue weighted by atomic mass is 9.99. The fourth-order valence-electron chi connectivity index (χ4n) is 4.79. The number of hydrogen-bond acceptors (Lipinski definition) is 6. The molecule has 0 aliphatic carbocycles. The molecular weight excluding hydrogens is 580 g/mol. The van der Waals surface area contributed by atoms with Gasteiger partial charge in [-0.25, -0.2) is 4.79 Å². The predicted molar refractivity (Wildman–Crippen MR) is 176 cm³/mol. The third-order valence-corrected chi connectivity index (χ3v) is 7.12. The number of nitrogens with one attached hydrogen (secondary N) is 3. The lowest BCUT2D eigenvalue weighted by Crippen LogP contribution is -2.57. The van der Waals surface area contributed by atoms with Gasteiger partial charge in [0.25, 0.3) is 5.91 Å². The summed E-state index contributed by atoms with van der Waals surface area (Å²) in [4.78, 5) is 53.3. The molecule has 0 saturated carbocycles. The minimum Gasteiger partial charge on any atom is -0.424 e. The van der Waals surface area contributed by atoms with Crippen LogP contribution in [0.2, 0.25) is 0 Å². The van der Waals surface area contributed by atoms with Gasteiger partial charge in [-0.2, -0.15) is 0 Å². The van der Waals surface area contributed by atoms with Crippen molar-refractivity contribution in [3.63, 3.8) is 0 Å². The van der Waals surface area contributed by atoms with Gasteiger partial charge in [0, 0.05) is 10.9 Å². The van der Waals surface area contributed by atoms with Crippen molar-refractivity contribution in [2.45, 2.75) is 71.5 Å². The number of benzene rings is 3. The number of nitrogens with two attached hydrogens (primary N) is 1. The van der Waals surface area contributed by atoms with Crippen LogP contribution in [0.4, 0.5) is 0 Å². The SMILES string of the molecule is CC(C)C[C@H](NC(=O)[C@@H](NC(=O)c1ccccc1)C(C)C)C(=O)N[C@@H](CCCCN)C(=O)Oc1cccc2ccccc12.Cl. The number of carbonyl (C=O) groups is 4. The Balaban J connectivity index is 0.00000675. The van der Waals surface area contributed by atoms with E-state index in [9.17, 15) is 19.2 Å². The molecule has 0 aliphatic heterocycles. The maximum Gasteiger partial charge on any atom is 0.334 e. The Labute approximate surface area is 266 Å². The van der Waals surface area contributed by atoms with Crippen molar-refractivity contribution >= 4 is 46.9 Å². The molecule has 238 valence electrons. The number of ether oxygens (including phenoxy) is 1. The third kappa shape index (κ3) is 10.6. The van der Waals surface area contributed by atoms with Crippen LogP contribution in [0.15, 0.2) is 72.8 Å². The Morgan fingerprint density at radius 3 is 2.05 bits per heavy atom. The van der Waals surface area contributed by atoms with Gasteiger partial charge < -0.3 is 26.4 Å². The molecule has 0 aromatic heterocycles. The van der Waals surface area contributed by atoms with E-state index in [0.717, 1.165) is 10.8 Å². The van der Waals surface area contributed by atoms with Crippen molar-refractivity contribution in [1.82, 2.24) is 16.0 Å². The summed E-state index contributed by atoms with van der Waals surface area (Å²) < 4.78 is 5.80. The van der Waals surface area contributed by atoms with Gasteiger partial charge in [-0.3, -0.25) is 14.4 Å². The molecule has 0 fully saturated rings. The van der Waals surface area contributed by atoms with Crippen LogP contribution in [-0.4, -0.2) is 48.4 Å². The van der Waals surface area contributed by atoms with E-state index in [1.54, 1.807) is 36.4 Å². The molecule has 3 aromatic carbocycles.